The van der Waals surface area contributed by atoms with Gasteiger partial charge in [0.1, 0.15) is 5.82 Å². The highest BCUT2D eigenvalue weighted by Crippen LogP contribution is 2.28. The Morgan fingerprint density at radius 2 is 1.88 bits per heavy atom. The molecule has 9 nitrogen and oxygen atoms in total. The Morgan fingerprint density at radius 3 is 2.56 bits per heavy atom. The quantitative estimate of drug-likeness (QED) is 0.493. The maximum absolute atomic E-state index is 12.7. The first kappa shape index (κ1) is 24.2. The van der Waals surface area contributed by atoms with Gasteiger partial charge in [-0.2, -0.15) is 0 Å². The van der Waals surface area contributed by atoms with Crippen LogP contribution in [-0.2, 0) is 6.42 Å². The average molecular weight is 468 g/mol. The van der Waals surface area contributed by atoms with E-state index in [1.807, 2.05) is 18.2 Å². The fourth-order valence-electron chi connectivity index (χ4n) is 4.66. The van der Waals surface area contributed by atoms with E-state index in [1.165, 1.54) is 0 Å². The fourth-order valence-corrected chi connectivity index (χ4v) is 4.66. The minimum atomic E-state index is -0.189. The third kappa shape index (κ3) is 5.77. The number of nitrogens with zero attached hydrogens (tertiary/aromatic N) is 4. The van der Waals surface area contributed by atoms with Crippen molar-refractivity contribution in [3.63, 3.8) is 0 Å². The van der Waals surface area contributed by atoms with Crippen LogP contribution in [0, 0.1) is 0 Å². The van der Waals surface area contributed by atoms with E-state index in [-0.39, 0.29) is 12.0 Å². The molecule has 0 unspecified atom stereocenters. The van der Waals surface area contributed by atoms with Crippen molar-refractivity contribution in [3.05, 3.63) is 35.7 Å². The van der Waals surface area contributed by atoms with Gasteiger partial charge in [0.15, 0.2) is 5.82 Å². The largest absolute Gasteiger partial charge is 0.393 e. The van der Waals surface area contributed by atoms with Crippen LogP contribution in [0.25, 0.3) is 0 Å². The van der Waals surface area contributed by atoms with Crippen LogP contribution in [0.5, 0.6) is 0 Å². The number of hydrogen-bond donors (Lipinski definition) is 4. The van der Waals surface area contributed by atoms with Gasteiger partial charge in [0.05, 0.1) is 23.6 Å². The van der Waals surface area contributed by atoms with Crippen LogP contribution in [-0.4, -0.2) is 78.3 Å². The number of piperazine rings is 1. The highest BCUT2D eigenvalue weighted by atomic mass is 16.3. The molecule has 1 aromatic carbocycles. The summed E-state index contributed by atoms with van der Waals surface area (Å²) in [5, 5.41) is 19.4. The smallest absolute Gasteiger partial charge is 0.253 e. The first-order valence-corrected chi connectivity index (χ1v) is 12.3. The van der Waals surface area contributed by atoms with Crippen molar-refractivity contribution in [1.82, 2.24) is 20.2 Å². The van der Waals surface area contributed by atoms with E-state index < -0.39 is 0 Å². The van der Waals surface area contributed by atoms with Crippen molar-refractivity contribution in [2.45, 2.75) is 51.2 Å². The molecule has 1 aliphatic carbocycles. The van der Waals surface area contributed by atoms with Crippen LogP contribution in [0.4, 0.5) is 23.0 Å². The summed E-state index contributed by atoms with van der Waals surface area (Å²) in [6.07, 6.45) is 5.80. The lowest BCUT2D eigenvalue weighted by Crippen LogP contribution is -2.45. The molecule has 1 aliphatic heterocycles. The van der Waals surface area contributed by atoms with Gasteiger partial charge < -0.3 is 30.9 Å². The molecule has 2 aromatic rings. The lowest BCUT2D eigenvalue weighted by atomic mass is 9.93. The highest BCUT2D eigenvalue weighted by Gasteiger charge is 2.22. The standard InChI is InChI=1S/C25H37N7O2/c1-4-21-24(29-17-5-8-19(33)9-6-17)30-23(16-27-21)28-18-7-10-22(20(15-18)25(34)26-2)32-13-11-31(3)12-14-32/h7,10,15-17,19,33H,4-6,8-9,11-14H2,1-3H3,(H,26,34)(H2,28,29,30)/t17-,19-. The van der Waals surface area contributed by atoms with E-state index in [1.54, 1.807) is 13.2 Å². The van der Waals surface area contributed by atoms with Gasteiger partial charge >= 0.3 is 0 Å². The van der Waals surface area contributed by atoms with Crippen LogP contribution in [0.15, 0.2) is 24.4 Å². The molecule has 4 rings (SSSR count). The summed E-state index contributed by atoms with van der Waals surface area (Å²) in [5.41, 5.74) is 3.32. The van der Waals surface area contributed by atoms with Crippen molar-refractivity contribution >= 4 is 28.9 Å². The van der Waals surface area contributed by atoms with E-state index in [9.17, 15) is 9.90 Å². The molecule has 184 valence electrons. The molecule has 2 aliphatic rings. The first-order valence-electron chi connectivity index (χ1n) is 12.3. The molecule has 0 spiro atoms. The van der Waals surface area contributed by atoms with Gasteiger partial charge in [-0.15, -0.1) is 0 Å². The summed E-state index contributed by atoms with van der Waals surface area (Å²) in [5.74, 6) is 1.31. The van der Waals surface area contributed by atoms with Gasteiger partial charge in [0.2, 0.25) is 0 Å². The summed E-state index contributed by atoms with van der Waals surface area (Å²) in [7, 11) is 3.78. The molecule has 4 N–H and O–H groups in total. The Bertz CT molecular complexity index is 983. The monoisotopic (exact) mass is 467 g/mol. The van der Waals surface area contributed by atoms with Crippen molar-refractivity contribution in [2.24, 2.45) is 0 Å². The number of anilines is 4. The van der Waals surface area contributed by atoms with Crippen molar-refractivity contribution < 1.29 is 9.90 Å². The minimum absolute atomic E-state index is 0.105. The maximum atomic E-state index is 12.7. The number of benzene rings is 1. The summed E-state index contributed by atoms with van der Waals surface area (Å²) >= 11 is 0. The SMILES string of the molecule is CCc1ncc(Nc2ccc(N3CCN(C)CC3)c(C(=O)NC)c2)nc1N[C@H]1CC[C@H](O)CC1. The van der Waals surface area contributed by atoms with Crippen LogP contribution < -0.4 is 20.9 Å². The highest BCUT2D eigenvalue weighted by molar-refractivity contribution is 6.00. The lowest BCUT2D eigenvalue weighted by molar-refractivity contribution is 0.0963. The number of aliphatic hydroxyl groups excluding tert-OH is 1. The average Bonchev–Trinajstić information content (AvgIpc) is 2.86. The van der Waals surface area contributed by atoms with Crippen molar-refractivity contribution in [1.29, 1.82) is 0 Å². The Labute approximate surface area is 202 Å². The third-order valence-electron chi connectivity index (χ3n) is 6.81. The van der Waals surface area contributed by atoms with Gasteiger partial charge in [-0.1, -0.05) is 6.92 Å². The molecule has 2 heterocycles. The maximum Gasteiger partial charge on any atom is 0.253 e. The lowest BCUT2D eigenvalue weighted by Gasteiger charge is -2.35. The number of aryl methyl sites for hydroxylation is 1. The Morgan fingerprint density at radius 1 is 1.15 bits per heavy atom. The van der Waals surface area contributed by atoms with Gasteiger partial charge in [0.25, 0.3) is 5.91 Å². The number of aliphatic hydroxyl groups is 1. The number of rotatable bonds is 7. The Hall–Kier alpha value is -2.91. The molecule has 1 amide bonds. The van der Waals surface area contributed by atoms with E-state index in [2.05, 4.69) is 44.7 Å². The topological polar surface area (TPSA) is 106 Å². The predicted molar refractivity (Wildman–Crippen MR) is 136 cm³/mol. The molecule has 1 saturated carbocycles. The van der Waals surface area contributed by atoms with Crippen LogP contribution in [0.2, 0.25) is 0 Å². The number of hydrogen-bond acceptors (Lipinski definition) is 8. The van der Waals surface area contributed by atoms with E-state index in [0.717, 1.165) is 81.2 Å². The molecule has 2 fully saturated rings. The Kier molecular flexibility index (Phi) is 7.84. The second kappa shape index (κ2) is 11.0. The van der Waals surface area contributed by atoms with Crippen LogP contribution in [0.1, 0.15) is 48.7 Å². The van der Waals surface area contributed by atoms with Gasteiger partial charge in [-0.25, -0.2) is 4.98 Å². The molecule has 0 radical (unpaired) electrons. The second-order valence-electron chi connectivity index (χ2n) is 9.28. The normalized spacial score (nSPS) is 21.2. The molecule has 9 heteroatoms. The number of amides is 1. The summed E-state index contributed by atoms with van der Waals surface area (Å²) in [4.78, 5) is 26.7. The summed E-state index contributed by atoms with van der Waals surface area (Å²) in [6.45, 7) is 5.80. The van der Waals surface area contributed by atoms with Crippen LogP contribution in [0.3, 0.4) is 0 Å². The van der Waals surface area contributed by atoms with Gasteiger partial charge in [0, 0.05) is 50.6 Å². The molecular formula is C25H37N7O2. The zero-order valence-corrected chi connectivity index (χ0v) is 20.5. The fraction of sp³-hybridized carbons (Fsp3) is 0.560. The number of nitrogens with one attached hydrogen (secondary N) is 3. The number of aromatic nitrogens is 2. The summed E-state index contributed by atoms with van der Waals surface area (Å²) < 4.78 is 0. The number of carbonyl (C=O) groups is 1. The molecular weight excluding hydrogens is 430 g/mol. The van der Waals surface area contributed by atoms with E-state index in [0.29, 0.717) is 17.4 Å². The summed E-state index contributed by atoms with van der Waals surface area (Å²) in [6, 6.07) is 6.18. The van der Waals surface area contributed by atoms with E-state index in [4.69, 9.17) is 4.98 Å². The zero-order valence-electron chi connectivity index (χ0n) is 20.5. The third-order valence-corrected chi connectivity index (χ3v) is 6.81. The number of likely N-dealkylation sites (N-methyl/N-ethyl adjacent to an activating group) is 1. The molecule has 1 aromatic heterocycles. The minimum Gasteiger partial charge on any atom is -0.393 e. The van der Waals surface area contributed by atoms with Crippen molar-refractivity contribution in [3.8, 4) is 0 Å². The number of carbonyl (C=O) groups excluding carboxylic acids is 1. The first-order chi connectivity index (χ1) is 16.5. The molecule has 0 bridgehead atoms. The predicted octanol–water partition coefficient (Wildman–Crippen LogP) is 2.61. The zero-order chi connectivity index (χ0) is 24.1. The Balaban J connectivity index is 1.54. The van der Waals surface area contributed by atoms with Gasteiger partial charge in [-0.05, 0) is 57.4 Å². The van der Waals surface area contributed by atoms with Crippen LogP contribution >= 0.6 is 0 Å². The molecule has 1 saturated heterocycles. The van der Waals surface area contributed by atoms with E-state index >= 15 is 0 Å². The second-order valence-corrected chi connectivity index (χ2v) is 9.28. The molecule has 34 heavy (non-hydrogen) atoms. The molecule has 0 atom stereocenters. The van der Waals surface area contributed by atoms with Gasteiger partial charge in [-0.3, -0.25) is 9.78 Å². The van der Waals surface area contributed by atoms with Crippen molar-refractivity contribution in [2.75, 3.05) is 55.8 Å².